The van der Waals surface area contributed by atoms with Crippen LogP contribution in [0.4, 0.5) is 4.39 Å². The molecule has 8 heavy (non-hydrogen) atoms. The van der Waals surface area contributed by atoms with Crippen LogP contribution in [0.2, 0.25) is 0 Å². The van der Waals surface area contributed by atoms with Gasteiger partial charge in [-0.3, -0.25) is 5.41 Å². The van der Waals surface area contributed by atoms with Crippen molar-refractivity contribution >= 4 is 11.7 Å². The predicted molar refractivity (Wildman–Crippen MR) is 25.9 cm³/mol. The van der Waals surface area contributed by atoms with Gasteiger partial charge in [0.15, 0.2) is 5.71 Å². The van der Waals surface area contributed by atoms with Crippen LogP contribution < -0.4 is 0 Å². The summed E-state index contributed by atoms with van der Waals surface area (Å²) in [6.07, 6.45) is -1.67. The standard InChI is InChI=1S/C4H6FNO2/c1-2(5)3(6)4(7)8/h2,6H,1H3,(H,7,8). The van der Waals surface area contributed by atoms with E-state index in [0.29, 0.717) is 0 Å². The van der Waals surface area contributed by atoms with Gasteiger partial charge in [0.05, 0.1) is 0 Å². The molecule has 4 heteroatoms. The highest BCUT2D eigenvalue weighted by Gasteiger charge is 2.13. The summed E-state index contributed by atoms with van der Waals surface area (Å²) in [6, 6.07) is 0. The minimum atomic E-state index is -1.67. The third-order valence-corrected chi connectivity index (χ3v) is 0.628. The van der Waals surface area contributed by atoms with E-state index < -0.39 is 17.9 Å². The summed E-state index contributed by atoms with van der Waals surface area (Å²) in [5.41, 5.74) is -0.898. The predicted octanol–water partition coefficient (Wildman–Crippen LogP) is 0.449. The highest BCUT2D eigenvalue weighted by Crippen LogP contribution is 1.89. The molecule has 0 aliphatic heterocycles. The largest absolute Gasteiger partial charge is 0.477 e. The molecule has 0 saturated carbocycles. The van der Waals surface area contributed by atoms with Crippen molar-refractivity contribution in [3.63, 3.8) is 0 Å². The molecule has 0 rings (SSSR count). The van der Waals surface area contributed by atoms with Crippen LogP contribution in [-0.4, -0.2) is 23.0 Å². The quantitative estimate of drug-likeness (QED) is 0.518. The molecule has 0 aromatic carbocycles. The minimum absolute atomic E-state index is 0.898. The molecule has 0 aromatic heterocycles. The molecular formula is C4H6FNO2. The average Bonchev–Trinajstić information content (AvgIpc) is 1.64. The molecule has 1 atom stereocenters. The minimum Gasteiger partial charge on any atom is -0.477 e. The van der Waals surface area contributed by atoms with Crippen molar-refractivity contribution in [3.8, 4) is 0 Å². The third-order valence-electron chi connectivity index (χ3n) is 0.628. The van der Waals surface area contributed by atoms with Gasteiger partial charge >= 0.3 is 5.97 Å². The van der Waals surface area contributed by atoms with Crippen LogP contribution in [-0.2, 0) is 4.79 Å². The van der Waals surface area contributed by atoms with Gasteiger partial charge in [0.1, 0.15) is 6.17 Å². The fourth-order valence-electron chi connectivity index (χ4n) is 0.170. The van der Waals surface area contributed by atoms with E-state index in [0.717, 1.165) is 6.92 Å². The summed E-state index contributed by atoms with van der Waals surface area (Å²) < 4.78 is 11.7. The summed E-state index contributed by atoms with van der Waals surface area (Å²) >= 11 is 0. The molecular weight excluding hydrogens is 113 g/mol. The molecule has 46 valence electrons. The molecule has 3 nitrogen and oxygen atoms in total. The van der Waals surface area contributed by atoms with Gasteiger partial charge in [0.2, 0.25) is 0 Å². The monoisotopic (exact) mass is 119 g/mol. The molecule has 0 aliphatic rings. The highest BCUT2D eigenvalue weighted by atomic mass is 19.1. The van der Waals surface area contributed by atoms with E-state index >= 15 is 0 Å². The molecule has 0 aromatic rings. The van der Waals surface area contributed by atoms with Crippen LogP contribution in [0.1, 0.15) is 6.92 Å². The Bertz CT molecular complexity index is 121. The van der Waals surface area contributed by atoms with Crippen molar-refractivity contribution in [2.24, 2.45) is 0 Å². The maximum atomic E-state index is 11.7. The van der Waals surface area contributed by atoms with Crippen molar-refractivity contribution in [1.29, 1.82) is 5.41 Å². The van der Waals surface area contributed by atoms with Crippen molar-refractivity contribution in [1.82, 2.24) is 0 Å². The van der Waals surface area contributed by atoms with Gasteiger partial charge in [-0.15, -0.1) is 0 Å². The number of carboxylic acids is 1. The summed E-state index contributed by atoms with van der Waals surface area (Å²) in [4.78, 5) is 9.68. The zero-order valence-corrected chi connectivity index (χ0v) is 4.31. The van der Waals surface area contributed by atoms with E-state index in [1.54, 1.807) is 0 Å². The Labute approximate surface area is 45.6 Å². The first-order valence-corrected chi connectivity index (χ1v) is 2.01. The third kappa shape index (κ3) is 1.68. The van der Waals surface area contributed by atoms with E-state index in [1.165, 1.54) is 0 Å². The molecule has 0 fully saturated rings. The fraction of sp³-hybridized carbons (Fsp3) is 0.500. The van der Waals surface area contributed by atoms with Crippen LogP contribution in [0.15, 0.2) is 0 Å². The second kappa shape index (κ2) is 2.40. The lowest BCUT2D eigenvalue weighted by Gasteiger charge is -1.94. The van der Waals surface area contributed by atoms with Crippen molar-refractivity contribution in [3.05, 3.63) is 0 Å². The Morgan fingerprint density at radius 2 is 2.25 bits per heavy atom. The number of halogens is 1. The molecule has 0 spiro atoms. The number of carboxylic acid groups (broad SMARTS) is 1. The van der Waals surface area contributed by atoms with Gasteiger partial charge in [0, 0.05) is 0 Å². The normalized spacial score (nSPS) is 12.8. The summed E-state index contributed by atoms with van der Waals surface area (Å²) in [7, 11) is 0. The number of hydrogen-bond acceptors (Lipinski definition) is 2. The Morgan fingerprint density at radius 1 is 1.88 bits per heavy atom. The maximum absolute atomic E-state index is 11.7. The second-order valence-electron chi connectivity index (χ2n) is 1.33. The zero-order chi connectivity index (χ0) is 6.73. The molecule has 0 amide bonds. The number of nitrogens with one attached hydrogen (secondary N) is 1. The van der Waals surface area contributed by atoms with E-state index in [2.05, 4.69) is 0 Å². The van der Waals surface area contributed by atoms with Gasteiger partial charge in [-0.2, -0.15) is 0 Å². The van der Waals surface area contributed by atoms with Crippen LogP contribution in [0, 0.1) is 5.41 Å². The van der Waals surface area contributed by atoms with Crippen molar-refractivity contribution in [2.75, 3.05) is 0 Å². The number of carbonyl (C=O) groups is 1. The number of aliphatic carboxylic acids is 1. The summed E-state index contributed by atoms with van der Waals surface area (Å²) in [6.45, 7) is 1.01. The maximum Gasteiger partial charge on any atom is 0.352 e. The molecule has 1 unspecified atom stereocenters. The number of rotatable bonds is 2. The lowest BCUT2D eigenvalue weighted by molar-refractivity contribution is -0.129. The Kier molecular flexibility index (Phi) is 2.12. The molecule has 0 bridgehead atoms. The zero-order valence-electron chi connectivity index (χ0n) is 4.31. The topological polar surface area (TPSA) is 61.2 Å². The van der Waals surface area contributed by atoms with Crippen molar-refractivity contribution in [2.45, 2.75) is 13.1 Å². The Hall–Kier alpha value is -0.930. The number of alkyl halides is 1. The van der Waals surface area contributed by atoms with Gasteiger partial charge in [-0.25, -0.2) is 9.18 Å². The molecule has 0 heterocycles. The summed E-state index contributed by atoms with van der Waals surface area (Å²) in [5, 5.41) is 14.3. The van der Waals surface area contributed by atoms with Gasteiger partial charge < -0.3 is 5.11 Å². The lowest BCUT2D eigenvalue weighted by atomic mass is 10.3. The molecule has 0 radical (unpaired) electrons. The van der Waals surface area contributed by atoms with E-state index in [1.807, 2.05) is 0 Å². The Morgan fingerprint density at radius 3 is 2.25 bits per heavy atom. The molecule has 0 aliphatic carbocycles. The number of hydrogen-bond donors (Lipinski definition) is 2. The van der Waals surface area contributed by atoms with Crippen LogP contribution in [0.25, 0.3) is 0 Å². The average molecular weight is 119 g/mol. The van der Waals surface area contributed by atoms with Gasteiger partial charge in [0.25, 0.3) is 0 Å². The van der Waals surface area contributed by atoms with Gasteiger partial charge in [-0.1, -0.05) is 0 Å². The Balaban J connectivity index is 3.84. The van der Waals surface area contributed by atoms with Crippen LogP contribution in [0.5, 0.6) is 0 Å². The lowest BCUT2D eigenvalue weighted by Crippen LogP contribution is -2.20. The summed E-state index contributed by atoms with van der Waals surface area (Å²) in [5.74, 6) is -1.50. The second-order valence-corrected chi connectivity index (χ2v) is 1.33. The van der Waals surface area contributed by atoms with E-state index in [4.69, 9.17) is 10.5 Å². The SMILES string of the molecule is CC(F)C(=N)C(=O)O. The van der Waals surface area contributed by atoms with Crippen molar-refractivity contribution < 1.29 is 14.3 Å². The first-order chi connectivity index (χ1) is 3.55. The van der Waals surface area contributed by atoms with Crippen LogP contribution in [0.3, 0.4) is 0 Å². The molecule has 2 N–H and O–H groups in total. The van der Waals surface area contributed by atoms with Gasteiger partial charge in [-0.05, 0) is 6.92 Å². The first-order valence-electron chi connectivity index (χ1n) is 2.01. The highest BCUT2D eigenvalue weighted by molar-refractivity contribution is 6.35. The smallest absolute Gasteiger partial charge is 0.352 e. The molecule has 0 saturated heterocycles. The van der Waals surface area contributed by atoms with Crippen LogP contribution >= 0.6 is 0 Å². The van der Waals surface area contributed by atoms with E-state index in [9.17, 15) is 9.18 Å². The van der Waals surface area contributed by atoms with E-state index in [-0.39, 0.29) is 0 Å². The fourth-order valence-corrected chi connectivity index (χ4v) is 0.170. The first kappa shape index (κ1) is 7.07.